The number of hydrogen-bond acceptors (Lipinski definition) is 5. The highest BCUT2D eigenvalue weighted by Crippen LogP contribution is 1.77. The van der Waals surface area contributed by atoms with E-state index in [0.717, 1.165) is 0 Å². The molecule has 0 bridgehead atoms. The summed E-state index contributed by atoms with van der Waals surface area (Å²) in [6.45, 7) is 1.22. The van der Waals surface area contributed by atoms with E-state index < -0.39 is 11.8 Å². The minimum Gasteiger partial charge on any atom is -0.347 e. The summed E-state index contributed by atoms with van der Waals surface area (Å²) in [6.07, 6.45) is 0.350. The molecule has 0 spiro atoms. The highest BCUT2D eigenvalue weighted by Gasteiger charge is 2.07. The molecular formula is C10H17N3O4S. The van der Waals surface area contributed by atoms with E-state index in [-0.39, 0.29) is 37.1 Å². The Kier molecular flexibility index (Phi) is 8.63. The maximum atomic E-state index is 11.2. The molecule has 0 aliphatic heterocycles. The molecule has 7 nitrogen and oxygen atoms in total. The van der Waals surface area contributed by atoms with Crippen molar-refractivity contribution in [2.45, 2.75) is 13.3 Å². The summed E-state index contributed by atoms with van der Waals surface area (Å²) in [7, 11) is 0. The van der Waals surface area contributed by atoms with E-state index in [1.54, 1.807) is 6.92 Å². The molecule has 0 saturated carbocycles. The van der Waals surface area contributed by atoms with Gasteiger partial charge in [-0.25, -0.2) is 0 Å². The number of rotatable bonds is 8. The number of Topliss-reactive ketones (excluding diaryl/α,β-unsaturated/α-hetero) is 1. The lowest BCUT2D eigenvalue weighted by Crippen LogP contribution is -2.43. The number of hydrogen-bond donors (Lipinski definition) is 4. The normalized spacial score (nSPS) is 9.44. The fraction of sp³-hybridized carbons (Fsp3) is 0.600. The van der Waals surface area contributed by atoms with Crippen LogP contribution in [-0.4, -0.2) is 48.9 Å². The van der Waals surface area contributed by atoms with Crippen LogP contribution in [-0.2, 0) is 19.2 Å². The van der Waals surface area contributed by atoms with Crippen molar-refractivity contribution in [1.29, 1.82) is 0 Å². The molecule has 0 aliphatic rings. The van der Waals surface area contributed by atoms with Crippen molar-refractivity contribution in [3.8, 4) is 0 Å². The van der Waals surface area contributed by atoms with Crippen molar-refractivity contribution in [2.75, 3.05) is 25.4 Å². The van der Waals surface area contributed by atoms with Crippen molar-refractivity contribution in [2.24, 2.45) is 0 Å². The van der Waals surface area contributed by atoms with Crippen LogP contribution in [0, 0.1) is 0 Å². The van der Waals surface area contributed by atoms with Gasteiger partial charge >= 0.3 is 0 Å². The SMILES string of the molecule is CCC(=O)CNC(=O)CNC(=O)CNC(=O)CS. The summed E-state index contributed by atoms with van der Waals surface area (Å²) >= 11 is 3.72. The molecule has 0 radical (unpaired) electrons. The molecule has 0 unspecified atom stereocenters. The molecule has 0 atom stereocenters. The van der Waals surface area contributed by atoms with Gasteiger partial charge in [-0.3, -0.25) is 19.2 Å². The van der Waals surface area contributed by atoms with Gasteiger partial charge in [0.05, 0.1) is 25.4 Å². The average Bonchev–Trinajstić information content (AvgIpc) is 2.39. The van der Waals surface area contributed by atoms with Crippen LogP contribution in [0.15, 0.2) is 0 Å². The number of carbonyl (C=O) groups is 4. The molecule has 102 valence electrons. The Hall–Kier alpha value is -1.57. The van der Waals surface area contributed by atoms with Crippen LogP contribution in [0.3, 0.4) is 0 Å². The van der Waals surface area contributed by atoms with Crippen molar-refractivity contribution >= 4 is 36.1 Å². The predicted octanol–water partition coefficient (Wildman–Crippen LogP) is -1.76. The second kappa shape index (κ2) is 9.46. The third-order valence-electron chi connectivity index (χ3n) is 1.91. The lowest BCUT2D eigenvalue weighted by molar-refractivity contribution is -0.127. The Morgan fingerprint density at radius 2 is 1.28 bits per heavy atom. The summed E-state index contributed by atoms with van der Waals surface area (Å²) in [5.41, 5.74) is 0. The molecule has 0 saturated heterocycles. The number of amides is 3. The minimum absolute atomic E-state index is 0.00705. The molecule has 0 rings (SSSR count). The monoisotopic (exact) mass is 275 g/mol. The van der Waals surface area contributed by atoms with Gasteiger partial charge in [-0.2, -0.15) is 12.6 Å². The maximum Gasteiger partial charge on any atom is 0.239 e. The molecule has 0 fully saturated rings. The number of thiol groups is 1. The first-order valence-electron chi connectivity index (χ1n) is 5.42. The molecule has 0 aromatic carbocycles. The van der Waals surface area contributed by atoms with Gasteiger partial charge in [-0.1, -0.05) is 6.92 Å². The molecule has 3 N–H and O–H groups in total. The molecule has 0 aliphatic carbocycles. The van der Waals surface area contributed by atoms with Crippen LogP contribution in [0.5, 0.6) is 0 Å². The predicted molar refractivity (Wildman–Crippen MR) is 68.2 cm³/mol. The summed E-state index contributed by atoms with van der Waals surface area (Å²) in [4.78, 5) is 44.0. The second-order valence-electron chi connectivity index (χ2n) is 3.38. The summed E-state index contributed by atoms with van der Waals surface area (Å²) < 4.78 is 0. The summed E-state index contributed by atoms with van der Waals surface area (Å²) in [5, 5.41) is 6.97. The molecule has 0 aromatic rings. The zero-order chi connectivity index (χ0) is 14.0. The molecule has 0 aromatic heterocycles. The van der Waals surface area contributed by atoms with Gasteiger partial charge in [0.25, 0.3) is 0 Å². The van der Waals surface area contributed by atoms with Crippen molar-refractivity contribution in [3.63, 3.8) is 0 Å². The minimum atomic E-state index is -0.484. The fourth-order valence-corrected chi connectivity index (χ4v) is 0.973. The van der Waals surface area contributed by atoms with E-state index in [2.05, 4.69) is 28.6 Å². The first kappa shape index (κ1) is 16.4. The average molecular weight is 275 g/mol. The zero-order valence-corrected chi connectivity index (χ0v) is 11.0. The van der Waals surface area contributed by atoms with Crippen LogP contribution in [0.2, 0.25) is 0 Å². The van der Waals surface area contributed by atoms with Gasteiger partial charge in [0.1, 0.15) is 0 Å². The Balaban J connectivity index is 3.68. The van der Waals surface area contributed by atoms with Crippen LogP contribution in [0.1, 0.15) is 13.3 Å². The molecule has 8 heteroatoms. The van der Waals surface area contributed by atoms with E-state index in [1.807, 2.05) is 0 Å². The van der Waals surface area contributed by atoms with Crippen LogP contribution in [0.4, 0.5) is 0 Å². The third kappa shape index (κ3) is 8.57. The fourth-order valence-electron chi connectivity index (χ4n) is 0.861. The second-order valence-corrected chi connectivity index (χ2v) is 3.70. The van der Waals surface area contributed by atoms with Crippen LogP contribution < -0.4 is 16.0 Å². The highest BCUT2D eigenvalue weighted by molar-refractivity contribution is 7.81. The lowest BCUT2D eigenvalue weighted by Gasteiger charge is -2.06. The van der Waals surface area contributed by atoms with E-state index in [0.29, 0.717) is 6.42 Å². The van der Waals surface area contributed by atoms with Crippen LogP contribution >= 0.6 is 12.6 Å². The van der Waals surface area contributed by atoms with Gasteiger partial charge in [0, 0.05) is 6.42 Å². The standard InChI is InChI=1S/C10H17N3O4S/c1-2-7(14)3-11-8(15)4-12-9(16)5-13-10(17)6-18/h18H,2-6H2,1H3,(H,11,15)(H,12,16)(H,13,17). The first-order chi connectivity index (χ1) is 8.49. The van der Waals surface area contributed by atoms with Crippen molar-refractivity contribution in [3.05, 3.63) is 0 Å². The Morgan fingerprint density at radius 3 is 1.72 bits per heavy atom. The number of ketones is 1. The van der Waals surface area contributed by atoms with Gasteiger partial charge in [0.15, 0.2) is 5.78 Å². The van der Waals surface area contributed by atoms with E-state index in [1.165, 1.54) is 0 Å². The van der Waals surface area contributed by atoms with Gasteiger partial charge < -0.3 is 16.0 Å². The van der Waals surface area contributed by atoms with E-state index in [9.17, 15) is 19.2 Å². The highest BCUT2D eigenvalue weighted by atomic mass is 32.1. The lowest BCUT2D eigenvalue weighted by atomic mass is 10.3. The first-order valence-corrected chi connectivity index (χ1v) is 6.05. The maximum absolute atomic E-state index is 11.2. The molecule has 0 heterocycles. The molecule has 18 heavy (non-hydrogen) atoms. The molecule has 3 amide bonds. The zero-order valence-electron chi connectivity index (χ0n) is 10.1. The van der Waals surface area contributed by atoms with Gasteiger partial charge in [0.2, 0.25) is 17.7 Å². The van der Waals surface area contributed by atoms with Crippen molar-refractivity contribution < 1.29 is 19.2 Å². The van der Waals surface area contributed by atoms with Crippen LogP contribution in [0.25, 0.3) is 0 Å². The van der Waals surface area contributed by atoms with E-state index >= 15 is 0 Å². The number of nitrogens with one attached hydrogen (secondary N) is 3. The van der Waals surface area contributed by atoms with Crippen molar-refractivity contribution in [1.82, 2.24) is 16.0 Å². The molecular weight excluding hydrogens is 258 g/mol. The topological polar surface area (TPSA) is 104 Å². The van der Waals surface area contributed by atoms with Gasteiger partial charge in [-0.05, 0) is 0 Å². The largest absolute Gasteiger partial charge is 0.347 e. The Labute approximate surface area is 110 Å². The number of carbonyl (C=O) groups excluding carboxylic acids is 4. The van der Waals surface area contributed by atoms with Gasteiger partial charge in [-0.15, -0.1) is 0 Å². The van der Waals surface area contributed by atoms with E-state index in [4.69, 9.17) is 0 Å². The Morgan fingerprint density at radius 1 is 0.833 bits per heavy atom. The summed E-state index contributed by atoms with van der Waals surface area (Å²) in [6, 6.07) is 0. The third-order valence-corrected chi connectivity index (χ3v) is 2.20. The summed E-state index contributed by atoms with van der Waals surface area (Å²) in [5.74, 6) is -1.40. The Bertz CT molecular complexity index is 301. The smallest absolute Gasteiger partial charge is 0.239 e. The quantitative estimate of drug-likeness (QED) is 0.394.